The normalized spacial score (nSPS) is 11.8. The van der Waals surface area contributed by atoms with Gasteiger partial charge in [-0.15, -0.1) is 5.10 Å². The molecule has 0 saturated heterocycles. The lowest BCUT2D eigenvalue weighted by Gasteiger charge is -2.07. The van der Waals surface area contributed by atoms with E-state index in [2.05, 4.69) is 15.5 Å². The van der Waals surface area contributed by atoms with Gasteiger partial charge in [0, 0.05) is 11.3 Å². The van der Waals surface area contributed by atoms with Crippen LogP contribution in [0, 0.1) is 0 Å². The van der Waals surface area contributed by atoms with Gasteiger partial charge in [0.1, 0.15) is 0 Å². The van der Waals surface area contributed by atoms with Crippen LogP contribution in [0.15, 0.2) is 12.1 Å². The van der Waals surface area contributed by atoms with Crippen molar-refractivity contribution in [2.75, 3.05) is 17.2 Å². The van der Waals surface area contributed by atoms with E-state index in [9.17, 15) is 8.42 Å². The third-order valence-electron chi connectivity index (χ3n) is 2.90. The molecule has 2 N–H and O–H groups in total. The minimum Gasteiger partial charge on any atom is -0.397 e. The smallest absolute Gasteiger partial charge is 0.182 e. The molecule has 0 aliphatic carbocycles. The Kier molecular flexibility index (Phi) is 4.70. The third kappa shape index (κ3) is 3.63. The summed E-state index contributed by atoms with van der Waals surface area (Å²) in [4.78, 5) is 0. The summed E-state index contributed by atoms with van der Waals surface area (Å²) in [6, 6.07) is 3.17. The number of aryl methyl sites for hydroxylation is 1. The van der Waals surface area contributed by atoms with Crippen LogP contribution >= 0.6 is 23.2 Å². The van der Waals surface area contributed by atoms with Crippen molar-refractivity contribution in [2.45, 2.75) is 13.5 Å². The molecule has 2 rings (SSSR count). The first-order valence-corrected chi connectivity index (χ1v) is 8.63. The van der Waals surface area contributed by atoms with Crippen LogP contribution in [0.3, 0.4) is 0 Å². The van der Waals surface area contributed by atoms with Crippen LogP contribution in [0.5, 0.6) is 0 Å². The zero-order valence-electron chi connectivity index (χ0n) is 11.1. The zero-order chi connectivity index (χ0) is 15.6. The molecular formula is C11H13Cl2N5O2S. The van der Waals surface area contributed by atoms with Crippen LogP contribution < -0.4 is 5.73 Å². The molecule has 1 aromatic heterocycles. The molecule has 0 unspecified atom stereocenters. The highest BCUT2D eigenvalue weighted by molar-refractivity contribution is 7.91. The highest BCUT2D eigenvalue weighted by Crippen LogP contribution is 2.32. The van der Waals surface area contributed by atoms with Gasteiger partial charge in [0.2, 0.25) is 0 Å². The molecule has 2 aromatic rings. The van der Waals surface area contributed by atoms with Gasteiger partial charge in [0.15, 0.2) is 15.7 Å². The van der Waals surface area contributed by atoms with Gasteiger partial charge in [0.25, 0.3) is 0 Å². The summed E-state index contributed by atoms with van der Waals surface area (Å²) in [6.45, 7) is 1.74. The molecule has 7 nitrogen and oxygen atoms in total. The Balaban J connectivity index is 2.33. The summed E-state index contributed by atoms with van der Waals surface area (Å²) in [7, 11) is -3.11. The van der Waals surface area contributed by atoms with Crippen molar-refractivity contribution in [2.24, 2.45) is 0 Å². The van der Waals surface area contributed by atoms with Crippen molar-refractivity contribution < 1.29 is 8.42 Å². The maximum absolute atomic E-state index is 11.6. The van der Waals surface area contributed by atoms with Crippen LogP contribution in [0.2, 0.25) is 10.0 Å². The van der Waals surface area contributed by atoms with Crippen molar-refractivity contribution in [1.82, 2.24) is 20.2 Å². The second-order valence-electron chi connectivity index (χ2n) is 4.32. The lowest BCUT2D eigenvalue weighted by molar-refractivity contribution is 0.577. The molecular weight excluding hydrogens is 337 g/mol. The molecule has 0 amide bonds. The van der Waals surface area contributed by atoms with Gasteiger partial charge in [-0.25, -0.2) is 13.1 Å². The number of sulfone groups is 1. The van der Waals surface area contributed by atoms with E-state index >= 15 is 0 Å². The number of nitrogens with zero attached hydrogens (tertiary/aromatic N) is 4. The molecule has 0 aliphatic heterocycles. The number of anilines is 1. The Morgan fingerprint density at radius 1 is 1.33 bits per heavy atom. The van der Waals surface area contributed by atoms with Gasteiger partial charge in [-0.2, -0.15) is 0 Å². The number of benzene rings is 1. The molecule has 0 bridgehead atoms. The monoisotopic (exact) mass is 349 g/mol. The van der Waals surface area contributed by atoms with Crippen molar-refractivity contribution in [3.8, 4) is 11.4 Å². The molecule has 0 spiro atoms. The largest absolute Gasteiger partial charge is 0.397 e. The van der Waals surface area contributed by atoms with E-state index in [4.69, 9.17) is 28.9 Å². The topological polar surface area (TPSA) is 104 Å². The van der Waals surface area contributed by atoms with Crippen LogP contribution in [0.4, 0.5) is 5.69 Å². The first-order valence-electron chi connectivity index (χ1n) is 6.05. The van der Waals surface area contributed by atoms with E-state index in [1.165, 1.54) is 4.68 Å². The van der Waals surface area contributed by atoms with E-state index < -0.39 is 9.84 Å². The Hall–Kier alpha value is -1.38. The van der Waals surface area contributed by atoms with Crippen LogP contribution in [-0.4, -0.2) is 40.1 Å². The quantitative estimate of drug-likeness (QED) is 0.823. The molecule has 0 atom stereocenters. The Morgan fingerprint density at radius 2 is 2.05 bits per heavy atom. The standard InChI is InChI=1S/C11H13Cl2N5O2S/c1-2-21(19,20)4-3-18-11(15-16-17-18)7-5-8(12)10(13)9(14)6-7/h5-6H,2-4,14H2,1H3. The van der Waals surface area contributed by atoms with Crippen molar-refractivity contribution in [3.05, 3.63) is 22.2 Å². The summed E-state index contributed by atoms with van der Waals surface area (Å²) in [5.74, 6) is 0.411. The van der Waals surface area contributed by atoms with Gasteiger partial charge in [-0.3, -0.25) is 0 Å². The number of hydrogen-bond acceptors (Lipinski definition) is 6. The fourth-order valence-corrected chi connectivity index (χ4v) is 2.75. The SMILES string of the molecule is CCS(=O)(=O)CCn1nnnc1-c1cc(N)c(Cl)c(Cl)c1. The van der Waals surface area contributed by atoms with E-state index in [1.54, 1.807) is 19.1 Å². The molecule has 0 fully saturated rings. The average Bonchev–Trinajstić information content (AvgIpc) is 2.90. The fourth-order valence-electron chi connectivity index (χ4n) is 1.67. The van der Waals surface area contributed by atoms with Crippen molar-refractivity contribution >= 4 is 38.7 Å². The van der Waals surface area contributed by atoms with Gasteiger partial charge in [-0.05, 0) is 22.6 Å². The van der Waals surface area contributed by atoms with Gasteiger partial charge in [-0.1, -0.05) is 30.1 Å². The third-order valence-corrected chi connectivity index (χ3v) is 5.40. The van der Waals surface area contributed by atoms with Crippen LogP contribution in [0.1, 0.15) is 6.92 Å². The van der Waals surface area contributed by atoms with Crippen molar-refractivity contribution in [3.63, 3.8) is 0 Å². The summed E-state index contributed by atoms with van der Waals surface area (Å²) < 4.78 is 24.5. The number of hydrogen-bond donors (Lipinski definition) is 1. The van der Waals surface area contributed by atoms with Crippen molar-refractivity contribution in [1.29, 1.82) is 0 Å². The Labute approximate surface area is 132 Å². The maximum Gasteiger partial charge on any atom is 0.182 e. The second kappa shape index (κ2) is 6.17. The number of halogens is 2. The first-order chi connectivity index (χ1) is 9.84. The summed E-state index contributed by atoms with van der Waals surface area (Å²) >= 11 is 11.9. The summed E-state index contributed by atoms with van der Waals surface area (Å²) in [6.07, 6.45) is 0. The molecule has 0 saturated carbocycles. The Morgan fingerprint density at radius 3 is 2.67 bits per heavy atom. The minimum atomic E-state index is -3.11. The summed E-state index contributed by atoms with van der Waals surface area (Å²) in [5.41, 5.74) is 6.62. The van der Waals surface area contributed by atoms with Gasteiger partial charge in [0.05, 0.1) is 28.0 Å². The van der Waals surface area contributed by atoms with E-state index in [0.717, 1.165) is 0 Å². The Bertz CT molecular complexity index is 737. The van der Waals surface area contributed by atoms with Crippen LogP contribution in [0.25, 0.3) is 11.4 Å². The second-order valence-corrected chi connectivity index (χ2v) is 7.58. The number of tetrazole rings is 1. The number of nitrogen functional groups attached to an aromatic ring is 1. The van der Waals surface area contributed by atoms with Gasteiger partial charge >= 0.3 is 0 Å². The maximum atomic E-state index is 11.6. The van der Waals surface area contributed by atoms with E-state index in [-0.39, 0.29) is 28.1 Å². The van der Waals surface area contributed by atoms with Gasteiger partial charge < -0.3 is 5.73 Å². The van der Waals surface area contributed by atoms with Crippen LogP contribution in [-0.2, 0) is 16.4 Å². The lowest BCUT2D eigenvalue weighted by atomic mass is 10.2. The highest BCUT2D eigenvalue weighted by Gasteiger charge is 2.15. The molecule has 1 heterocycles. The fraction of sp³-hybridized carbons (Fsp3) is 0.364. The summed E-state index contributed by atoms with van der Waals surface area (Å²) in [5, 5.41) is 11.8. The number of rotatable bonds is 5. The predicted molar refractivity (Wildman–Crippen MR) is 82.0 cm³/mol. The van der Waals surface area contributed by atoms with E-state index in [1.807, 2.05) is 0 Å². The lowest BCUT2D eigenvalue weighted by Crippen LogP contribution is -2.16. The highest BCUT2D eigenvalue weighted by atomic mass is 35.5. The number of aromatic nitrogens is 4. The molecule has 0 radical (unpaired) electrons. The molecule has 1 aromatic carbocycles. The zero-order valence-corrected chi connectivity index (χ0v) is 13.5. The number of nitrogens with two attached hydrogens (primary N) is 1. The first kappa shape index (κ1) is 16.0. The minimum absolute atomic E-state index is 0.0433. The predicted octanol–water partition coefficient (Wildman–Crippen LogP) is 1.66. The molecule has 0 aliphatic rings. The molecule has 10 heteroatoms. The molecule has 21 heavy (non-hydrogen) atoms. The average molecular weight is 350 g/mol. The molecule has 114 valence electrons. The van der Waals surface area contributed by atoms with E-state index in [0.29, 0.717) is 17.1 Å².